The molecule has 0 amide bonds. The number of esters is 1. The molecule has 0 aromatic heterocycles. The minimum atomic E-state index is -0.597. The first-order valence-corrected chi connectivity index (χ1v) is 7.19. The van der Waals surface area contributed by atoms with Crippen LogP contribution in [-0.4, -0.2) is 24.6 Å². The first-order valence-electron chi connectivity index (χ1n) is 7.19. The molecule has 0 unspecified atom stereocenters. The summed E-state index contributed by atoms with van der Waals surface area (Å²) in [5.41, 5.74) is 0.728. The summed E-state index contributed by atoms with van der Waals surface area (Å²) in [6, 6.07) is 0. The van der Waals surface area contributed by atoms with Crippen LogP contribution in [0.4, 0.5) is 0 Å². The van der Waals surface area contributed by atoms with Crippen molar-refractivity contribution in [1.29, 1.82) is 0 Å². The van der Waals surface area contributed by atoms with Crippen molar-refractivity contribution in [3.05, 3.63) is 11.1 Å². The molecule has 4 nitrogen and oxygen atoms in total. The van der Waals surface area contributed by atoms with Crippen LogP contribution in [0.3, 0.4) is 0 Å². The second kappa shape index (κ2) is 4.03. The zero-order chi connectivity index (χ0) is 14.8. The molecule has 3 aliphatic rings. The molecule has 0 spiro atoms. The molecule has 0 aromatic rings. The minimum absolute atomic E-state index is 0.0209. The van der Waals surface area contributed by atoms with E-state index in [2.05, 4.69) is 0 Å². The molecule has 5 atom stereocenters. The van der Waals surface area contributed by atoms with E-state index in [9.17, 15) is 14.4 Å². The van der Waals surface area contributed by atoms with Crippen molar-refractivity contribution in [2.75, 3.05) is 7.11 Å². The van der Waals surface area contributed by atoms with Gasteiger partial charge in [-0.25, -0.2) is 0 Å². The van der Waals surface area contributed by atoms with Crippen LogP contribution in [0.25, 0.3) is 0 Å². The molecule has 0 aliphatic heterocycles. The number of Topliss-reactive ketones (excluding diaryl/α,β-unsaturated/α-hetero) is 2. The summed E-state index contributed by atoms with van der Waals surface area (Å²) in [5, 5.41) is 0. The second-order valence-electron chi connectivity index (χ2n) is 6.70. The fourth-order valence-electron chi connectivity index (χ4n) is 4.60. The van der Waals surface area contributed by atoms with Gasteiger partial charge in [-0.1, -0.05) is 6.92 Å². The molecule has 0 heterocycles. The molecule has 0 bridgehead atoms. The van der Waals surface area contributed by atoms with Gasteiger partial charge < -0.3 is 4.74 Å². The monoisotopic (exact) mass is 276 g/mol. The van der Waals surface area contributed by atoms with Crippen LogP contribution in [0.5, 0.6) is 0 Å². The number of methoxy groups -OCH3 is 1. The van der Waals surface area contributed by atoms with E-state index in [1.165, 1.54) is 7.11 Å². The van der Waals surface area contributed by atoms with E-state index >= 15 is 0 Å². The number of fused-ring (bicyclic) bond motifs is 3. The maximum Gasteiger partial charge on any atom is 0.312 e. The number of ketones is 2. The van der Waals surface area contributed by atoms with Crippen LogP contribution in [0, 0.1) is 29.1 Å². The van der Waals surface area contributed by atoms with Crippen molar-refractivity contribution in [2.24, 2.45) is 29.1 Å². The molecule has 0 N–H and O–H groups in total. The minimum Gasteiger partial charge on any atom is -0.469 e. The summed E-state index contributed by atoms with van der Waals surface area (Å²) < 4.78 is 4.93. The van der Waals surface area contributed by atoms with Gasteiger partial charge in [0.15, 0.2) is 11.6 Å². The predicted molar refractivity (Wildman–Crippen MR) is 71.7 cm³/mol. The third-order valence-electron chi connectivity index (χ3n) is 5.78. The van der Waals surface area contributed by atoms with E-state index in [-0.39, 0.29) is 41.2 Å². The predicted octanol–water partition coefficient (Wildman–Crippen LogP) is 1.93. The van der Waals surface area contributed by atoms with Gasteiger partial charge in [0.2, 0.25) is 0 Å². The van der Waals surface area contributed by atoms with Crippen LogP contribution >= 0.6 is 0 Å². The molecule has 0 aromatic carbocycles. The maximum absolute atomic E-state index is 12.3. The van der Waals surface area contributed by atoms with Gasteiger partial charge in [0.1, 0.15) is 0 Å². The Morgan fingerprint density at radius 3 is 2.50 bits per heavy atom. The summed E-state index contributed by atoms with van der Waals surface area (Å²) in [4.78, 5) is 36.6. The quantitative estimate of drug-likeness (QED) is 0.687. The molecule has 4 heteroatoms. The molecule has 3 aliphatic carbocycles. The number of rotatable bonds is 1. The van der Waals surface area contributed by atoms with Crippen molar-refractivity contribution < 1.29 is 19.1 Å². The van der Waals surface area contributed by atoms with Crippen LogP contribution in [0.2, 0.25) is 0 Å². The number of ether oxygens (including phenoxy) is 1. The lowest BCUT2D eigenvalue weighted by molar-refractivity contribution is -0.147. The van der Waals surface area contributed by atoms with Gasteiger partial charge in [-0.05, 0) is 43.1 Å². The van der Waals surface area contributed by atoms with Gasteiger partial charge in [-0.3, -0.25) is 14.4 Å². The van der Waals surface area contributed by atoms with Crippen molar-refractivity contribution >= 4 is 17.5 Å². The van der Waals surface area contributed by atoms with Crippen molar-refractivity contribution in [3.63, 3.8) is 0 Å². The van der Waals surface area contributed by atoms with Crippen molar-refractivity contribution in [3.8, 4) is 0 Å². The van der Waals surface area contributed by atoms with E-state index < -0.39 is 5.41 Å². The summed E-state index contributed by atoms with van der Waals surface area (Å²) in [5.74, 6) is 0.216. The first kappa shape index (κ1) is 13.5. The van der Waals surface area contributed by atoms with E-state index in [1.54, 1.807) is 6.92 Å². The zero-order valence-corrected chi connectivity index (χ0v) is 12.4. The standard InChI is InChI=1S/C16H20O4/c1-7-5-11(18)13-8(2)10(17)6-9-14(12(7)13)16(9,3)15(19)20-4/h7,9,12,14H,5-6H2,1-4H3/t7-,9-,12-,14-,16+/m1/s1. The maximum atomic E-state index is 12.3. The summed E-state index contributed by atoms with van der Waals surface area (Å²) in [6.45, 7) is 5.70. The summed E-state index contributed by atoms with van der Waals surface area (Å²) in [6.07, 6.45) is 0.854. The molecule has 20 heavy (non-hydrogen) atoms. The highest BCUT2D eigenvalue weighted by atomic mass is 16.5. The van der Waals surface area contributed by atoms with Crippen molar-refractivity contribution in [1.82, 2.24) is 0 Å². The Kier molecular flexibility index (Phi) is 2.72. The molecule has 3 rings (SSSR count). The molecule has 0 saturated heterocycles. The third-order valence-corrected chi connectivity index (χ3v) is 5.78. The lowest BCUT2D eigenvalue weighted by atomic mass is 9.84. The van der Waals surface area contributed by atoms with E-state index in [0.29, 0.717) is 24.0 Å². The first-order chi connectivity index (χ1) is 9.33. The van der Waals surface area contributed by atoms with E-state index in [4.69, 9.17) is 4.74 Å². The Labute approximate surface area is 118 Å². The summed E-state index contributed by atoms with van der Waals surface area (Å²) >= 11 is 0. The van der Waals surface area contributed by atoms with Gasteiger partial charge in [0.25, 0.3) is 0 Å². The summed E-state index contributed by atoms with van der Waals surface area (Å²) in [7, 11) is 1.39. The molecular formula is C16H20O4. The van der Waals surface area contributed by atoms with Crippen molar-refractivity contribution in [2.45, 2.75) is 33.6 Å². The molecule has 108 valence electrons. The molecule has 2 fully saturated rings. The fourth-order valence-corrected chi connectivity index (χ4v) is 4.60. The SMILES string of the molecule is COC(=O)[C@]1(C)[C@H]2[C@H]3C(=C(C)C(=O)C[C@H]21)C(=O)C[C@H]3C. The average Bonchev–Trinajstić information content (AvgIpc) is 2.90. The Bertz CT molecular complexity index is 559. The third kappa shape index (κ3) is 1.45. The highest BCUT2D eigenvalue weighted by Gasteiger charge is 2.72. The number of carbonyl (C=O) groups excluding carboxylic acids is 3. The van der Waals surface area contributed by atoms with Crippen LogP contribution in [-0.2, 0) is 19.1 Å². The topological polar surface area (TPSA) is 60.4 Å². The van der Waals surface area contributed by atoms with E-state index in [0.717, 1.165) is 0 Å². The van der Waals surface area contributed by atoms with Gasteiger partial charge >= 0.3 is 5.97 Å². The lowest BCUT2D eigenvalue weighted by Crippen LogP contribution is -2.23. The number of hydrogen-bond donors (Lipinski definition) is 0. The molecule has 0 radical (unpaired) electrons. The van der Waals surface area contributed by atoms with E-state index in [1.807, 2.05) is 13.8 Å². The average molecular weight is 276 g/mol. The number of hydrogen-bond acceptors (Lipinski definition) is 4. The molecular weight excluding hydrogens is 256 g/mol. The van der Waals surface area contributed by atoms with Crippen LogP contribution < -0.4 is 0 Å². The fraction of sp³-hybridized carbons (Fsp3) is 0.688. The zero-order valence-electron chi connectivity index (χ0n) is 12.4. The van der Waals surface area contributed by atoms with Crippen LogP contribution in [0.15, 0.2) is 11.1 Å². The second-order valence-corrected chi connectivity index (χ2v) is 6.70. The Morgan fingerprint density at radius 2 is 1.90 bits per heavy atom. The normalized spacial score (nSPS) is 43.0. The van der Waals surface area contributed by atoms with Gasteiger partial charge in [0, 0.05) is 18.4 Å². The Balaban J connectivity index is 2.09. The highest BCUT2D eigenvalue weighted by Crippen LogP contribution is 2.69. The number of carbonyl (C=O) groups is 3. The Hall–Kier alpha value is -1.45. The van der Waals surface area contributed by atoms with Gasteiger partial charge in [0.05, 0.1) is 12.5 Å². The molecule has 2 saturated carbocycles. The van der Waals surface area contributed by atoms with Gasteiger partial charge in [-0.2, -0.15) is 0 Å². The smallest absolute Gasteiger partial charge is 0.312 e. The Morgan fingerprint density at radius 1 is 1.25 bits per heavy atom. The van der Waals surface area contributed by atoms with Gasteiger partial charge in [-0.15, -0.1) is 0 Å². The lowest BCUT2D eigenvalue weighted by Gasteiger charge is -2.20. The van der Waals surface area contributed by atoms with Crippen LogP contribution in [0.1, 0.15) is 33.6 Å². The highest BCUT2D eigenvalue weighted by molar-refractivity contribution is 6.09. The largest absolute Gasteiger partial charge is 0.469 e. The number of allylic oxidation sites excluding steroid dienone is 2.